The van der Waals surface area contributed by atoms with Crippen molar-refractivity contribution in [3.8, 4) is 0 Å². The average molecular weight is 357 g/mol. The highest BCUT2D eigenvalue weighted by molar-refractivity contribution is 9.10. The zero-order valence-corrected chi connectivity index (χ0v) is 14.1. The number of rotatable bonds is 7. The summed E-state index contributed by atoms with van der Waals surface area (Å²) >= 11 is 3.39. The summed E-state index contributed by atoms with van der Waals surface area (Å²) in [5, 5.41) is 5.01. The third-order valence-electron chi connectivity index (χ3n) is 2.95. The molecule has 0 bridgehead atoms. The SMILES string of the molecule is CCCCNC(=O)NC(=O)C[NH+](C)Cc1ccc(Br)cc1. The number of imide groups is 1. The van der Waals surface area contributed by atoms with Gasteiger partial charge in [-0.2, -0.15) is 0 Å². The molecule has 0 heterocycles. The molecular weight excluding hydrogens is 334 g/mol. The van der Waals surface area contributed by atoms with Crippen LogP contribution in [0.1, 0.15) is 25.3 Å². The zero-order valence-electron chi connectivity index (χ0n) is 12.5. The molecular formula is C15H23BrN3O2+. The van der Waals surface area contributed by atoms with Crippen LogP contribution in [0.15, 0.2) is 28.7 Å². The fraction of sp³-hybridized carbons (Fsp3) is 0.467. The molecule has 5 nitrogen and oxygen atoms in total. The van der Waals surface area contributed by atoms with E-state index in [1.165, 1.54) is 0 Å². The van der Waals surface area contributed by atoms with Crippen molar-refractivity contribution < 1.29 is 14.5 Å². The van der Waals surface area contributed by atoms with E-state index in [-0.39, 0.29) is 12.5 Å². The van der Waals surface area contributed by atoms with Gasteiger partial charge in [0.15, 0.2) is 6.54 Å². The van der Waals surface area contributed by atoms with Crippen LogP contribution in [-0.2, 0) is 11.3 Å². The normalized spacial score (nSPS) is 11.8. The van der Waals surface area contributed by atoms with Gasteiger partial charge in [0.05, 0.1) is 7.05 Å². The van der Waals surface area contributed by atoms with Gasteiger partial charge >= 0.3 is 6.03 Å². The number of quaternary nitrogens is 1. The van der Waals surface area contributed by atoms with Crippen molar-refractivity contribution in [2.75, 3.05) is 20.1 Å². The van der Waals surface area contributed by atoms with Crippen molar-refractivity contribution in [3.63, 3.8) is 0 Å². The van der Waals surface area contributed by atoms with E-state index in [0.717, 1.165) is 34.3 Å². The Bertz CT molecular complexity index is 462. The Morgan fingerprint density at radius 2 is 1.90 bits per heavy atom. The van der Waals surface area contributed by atoms with Gasteiger partial charge in [-0.3, -0.25) is 10.1 Å². The topological polar surface area (TPSA) is 62.6 Å². The van der Waals surface area contributed by atoms with Gasteiger partial charge in [-0.1, -0.05) is 41.4 Å². The summed E-state index contributed by atoms with van der Waals surface area (Å²) in [5.41, 5.74) is 1.15. The molecule has 1 aromatic carbocycles. The van der Waals surface area contributed by atoms with Crippen LogP contribution in [0.3, 0.4) is 0 Å². The number of urea groups is 1. The second kappa shape index (κ2) is 9.52. The minimum absolute atomic E-state index is 0.261. The van der Waals surface area contributed by atoms with Gasteiger partial charge in [-0.15, -0.1) is 0 Å². The quantitative estimate of drug-likeness (QED) is 0.640. The molecule has 116 valence electrons. The van der Waals surface area contributed by atoms with Crippen LogP contribution in [0.4, 0.5) is 4.79 Å². The Morgan fingerprint density at radius 1 is 1.24 bits per heavy atom. The summed E-state index contributed by atoms with van der Waals surface area (Å²) in [6.07, 6.45) is 1.92. The summed E-state index contributed by atoms with van der Waals surface area (Å²) in [6, 6.07) is 7.57. The molecule has 0 aliphatic heterocycles. The minimum atomic E-state index is -0.412. The van der Waals surface area contributed by atoms with E-state index in [2.05, 4.69) is 26.6 Å². The highest BCUT2D eigenvalue weighted by atomic mass is 79.9. The second-order valence-corrected chi connectivity index (χ2v) is 6.01. The summed E-state index contributed by atoms with van der Waals surface area (Å²) < 4.78 is 1.03. The molecule has 21 heavy (non-hydrogen) atoms. The first-order valence-corrected chi connectivity index (χ1v) is 7.94. The van der Waals surface area contributed by atoms with E-state index in [9.17, 15) is 9.59 Å². The fourth-order valence-electron chi connectivity index (χ4n) is 1.88. The van der Waals surface area contributed by atoms with Crippen LogP contribution in [-0.4, -0.2) is 32.1 Å². The third-order valence-corrected chi connectivity index (χ3v) is 3.48. The van der Waals surface area contributed by atoms with Gasteiger partial charge in [0.1, 0.15) is 6.54 Å². The Balaban J connectivity index is 2.30. The molecule has 1 aromatic rings. The Kier molecular flexibility index (Phi) is 8.00. The molecule has 3 amide bonds. The lowest BCUT2D eigenvalue weighted by molar-refractivity contribution is -0.885. The largest absolute Gasteiger partial charge is 0.338 e. The van der Waals surface area contributed by atoms with Crippen LogP contribution in [0.5, 0.6) is 0 Å². The predicted octanol–water partition coefficient (Wildman–Crippen LogP) is 1.09. The average Bonchev–Trinajstić information content (AvgIpc) is 2.41. The Hall–Kier alpha value is -1.40. The number of carbonyl (C=O) groups is 2. The standard InChI is InChI=1S/C15H22BrN3O2/c1-3-4-9-17-15(21)18-14(20)11-19(2)10-12-5-7-13(16)8-6-12/h5-8H,3-4,9-11H2,1-2H3,(H2,17,18,20,21)/p+1. The van der Waals surface area contributed by atoms with Crippen LogP contribution in [0, 0.1) is 0 Å². The van der Waals surface area contributed by atoms with Crippen molar-refractivity contribution in [3.05, 3.63) is 34.3 Å². The summed E-state index contributed by atoms with van der Waals surface area (Å²) in [7, 11) is 1.93. The van der Waals surface area contributed by atoms with Gasteiger partial charge < -0.3 is 10.2 Å². The maximum Gasteiger partial charge on any atom is 0.321 e. The number of likely N-dealkylation sites (N-methyl/N-ethyl adjacent to an activating group) is 1. The van der Waals surface area contributed by atoms with Gasteiger partial charge in [-0.25, -0.2) is 4.79 Å². The molecule has 0 radical (unpaired) electrons. The van der Waals surface area contributed by atoms with Crippen LogP contribution < -0.4 is 15.5 Å². The number of benzene rings is 1. The maximum atomic E-state index is 11.7. The molecule has 1 unspecified atom stereocenters. The zero-order chi connectivity index (χ0) is 15.7. The molecule has 0 saturated carbocycles. The van der Waals surface area contributed by atoms with E-state index in [1.807, 2.05) is 38.2 Å². The van der Waals surface area contributed by atoms with E-state index in [4.69, 9.17) is 0 Å². The third kappa shape index (κ3) is 7.82. The van der Waals surface area contributed by atoms with Gasteiger partial charge in [0.25, 0.3) is 5.91 Å². The van der Waals surface area contributed by atoms with Gasteiger partial charge in [-0.05, 0) is 18.6 Å². The van der Waals surface area contributed by atoms with Crippen molar-refractivity contribution >= 4 is 27.9 Å². The molecule has 0 aliphatic carbocycles. The minimum Gasteiger partial charge on any atom is -0.338 e. The molecule has 0 aliphatic rings. The second-order valence-electron chi connectivity index (χ2n) is 5.09. The van der Waals surface area contributed by atoms with Crippen molar-refractivity contribution in [2.24, 2.45) is 0 Å². The lowest BCUT2D eigenvalue weighted by Gasteiger charge is -2.13. The number of halogens is 1. The number of hydrogen-bond acceptors (Lipinski definition) is 2. The van der Waals surface area contributed by atoms with Crippen LogP contribution >= 0.6 is 15.9 Å². The highest BCUT2D eigenvalue weighted by Crippen LogP contribution is 2.09. The first kappa shape index (κ1) is 17.7. The van der Waals surface area contributed by atoms with E-state index in [1.54, 1.807) is 0 Å². The predicted molar refractivity (Wildman–Crippen MR) is 86.0 cm³/mol. The fourth-order valence-corrected chi connectivity index (χ4v) is 2.15. The number of carbonyl (C=O) groups excluding carboxylic acids is 2. The molecule has 0 aromatic heterocycles. The summed E-state index contributed by atoms with van der Waals surface area (Å²) in [5.74, 6) is -0.265. The van der Waals surface area contributed by atoms with E-state index >= 15 is 0 Å². The van der Waals surface area contributed by atoms with Crippen LogP contribution in [0.2, 0.25) is 0 Å². The Morgan fingerprint density at radius 3 is 2.52 bits per heavy atom. The first-order valence-electron chi connectivity index (χ1n) is 7.14. The van der Waals surface area contributed by atoms with Crippen LogP contribution in [0.25, 0.3) is 0 Å². The van der Waals surface area contributed by atoms with Crippen molar-refractivity contribution in [2.45, 2.75) is 26.3 Å². The number of unbranched alkanes of at least 4 members (excludes halogenated alkanes) is 1. The lowest BCUT2D eigenvalue weighted by Crippen LogP contribution is -3.09. The van der Waals surface area contributed by atoms with Crippen molar-refractivity contribution in [1.29, 1.82) is 0 Å². The van der Waals surface area contributed by atoms with E-state index < -0.39 is 6.03 Å². The van der Waals surface area contributed by atoms with Crippen molar-refractivity contribution in [1.82, 2.24) is 10.6 Å². The van der Waals surface area contributed by atoms with Gasteiger partial charge in [0, 0.05) is 16.6 Å². The van der Waals surface area contributed by atoms with Gasteiger partial charge in [0.2, 0.25) is 0 Å². The summed E-state index contributed by atoms with van der Waals surface area (Å²) in [6.45, 7) is 3.64. The molecule has 1 atom stereocenters. The number of nitrogens with one attached hydrogen (secondary N) is 3. The Labute approximate surface area is 134 Å². The molecule has 6 heteroatoms. The lowest BCUT2D eigenvalue weighted by atomic mass is 10.2. The monoisotopic (exact) mass is 356 g/mol. The molecule has 0 spiro atoms. The molecule has 3 N–H and O–H groups in total. The molecule has 0 fully saturated rings. The van der Waals surface area contributed by atoms with E-state index in [0.29, 0.717) is 6.54 Å². The first-order chi connectivity index (χ1) is 10.0. The smallest absolute Gasteiger partial charge is 0.321 e. The maximum absolute atomic E-state index is 11.7. The number of amides is 3. The summed E-state index contributed by atoms with van der Waals surface area (Å²) in [4.78, 5) is 24.2. The molecule has 0 saturated heterocycles. The highest BCUT2D eigenvalue weighted by Gasteiger charge is 2.13. The molecule has 1 rings (SSSR count). The number of hydrogen-bond donors (Lipinski definition) is 3.